The molecule has 3 aromatic heterocycles. The number of pyridine rings is 2. The quantitative estimate of drug-likeness (QED) is 0.420. The zero-order valence-corrected chi connectivity index (χ0v) is 17.3. The van der Waals surface area contributed by atoms with Gasteiger partial charge in [0, 0.05) is 47.5 Å². The lowest BCUT2D eigenvalue weighted by atomic mass is 9.95. The lowest BCUT2D eigenvalue weighted by Gasteiger charge is -2.14. The first-order valence-electron chi connectivity index (χ1n) is 10.5. The van der Waals surface area contributed by atoms with Gasteiger partial charge in [-0.3, -0.25) is 14.6 Å². The molecule has 0 bridgehead atoms. The minimum atomic E-state index is -0.263. The van der Waals surface area contributed by atoms with E-state index in [9.17, 15) is 9.59 Å². The molecule has 158 valence electrons. The van der Waals surface area contributed by atoms with Crippen LogP contribution in [0.1, 0.15) is 39.3 Å². The molecular formula is C25H21N5O2. The molecule has 0 radical (unpaired) electrons. The second-order valence-corrected chi connectivity index (χ2v) is 7.62. The Balaban J connectivity index is 1.52. The number of anilines is 3. The number of aromatic nitrogens is 3. The van der Waals surface area contributed by atoms with Gasteiger partial charge < -0.3 is 15.6 Å². The Bertz CT molecular complexity index is 1280. The summed E-state index contributed by atoms with van der Waals surface area (Å²) in [5.41, 5.74) is 5.44. The van der Waals surface area contributed by atoms with Crippen LogP contribution in [-0.4, -0.2) is 26.6 Å². The summed E-state index contributed by atoms with van der Waals surface area (Å²) in [5, 5.41) is 6.26. The third-order valence-corrected chi connectivity index (χ3v) is 5.46. The fourth-order valence-electron chi connectivity index (χ4n) is 3.95. The third kappa shape index (κ3) is 3.88. The Kier molecular flexibility index (Phi) is 5.21. The van der Waals surface area contributed by atoms with Crippen LogP contribution in [0.3, 0.4) is 0 Å². The molecule has 5 rings (SSSR count). The molecule has 0 atom stereocenters. The van der Waals surface area contributed by atoms with Crippen molar-refractivity contribution in [3.05, 3.63) is 90.0 Å². The summed E-state index contributed by atoms with van der Waals surface area (Å²) in [7, 11) is 0. The molecule has 7 nitrogen and oxygen atoms in total. The van der Waals surface area contributed by atoms with E-state index < -0.39 is 0 Å². The molecule has 0 saturated heterocycles. The van der Waals surface area contributed by atoms with E-state index in [4.69, 9.17) is 0 Å². The second kappa shape index (κ2) is 8.47. The number of hydrogen-bond acceptors (Lipinski definition) is 5. The lowest BCUT2D eigenvalue weighted by molar-refractivity contribution is 0.0972. The number of aryl methyl sites for hydroxylation is 1. The highest BCUT2D eigenvalue weighted by atomic mass is 16.1. The fraction of sp³-hybridized carbons (Fsp3) is 0.120. The smallest absolute Gasteiger partial charge is 0.256 e. The van der Waals surface area contributed by atoms with Gasteiger partial charge in [-0.05, 0) is 49.2 Å². The number of fused-ring (bicyclic) bond motifs is 1. The lowest BCUT2D eigenvalue weighted by Crippen LogP contribution is -2.12. The Labute approximate surface area is 184 Å². The third-order valence-electron chi connectivity index (χ3n) is 5.46. The van der Waals surface area contributed by atoms with E-state index >= 15 is 0 Å². The Morgan fingerprint density at radius 2 is 1.78 bits per heavy atom. The molecule has 0 spiro atoms. The van der Waals surface area contributed by atoms with Crippen LogP contribution in [0, 0.1) is 0 Å². The SMILES string of the molecule is O=C(Nc1cc(-c2[nH]c3c(c2Nc2ccccc2)C(=O)CCC3)ccn1)c1ccncc1. The molecule has 1 amide bonds. The molecule has 7 heteroatoms. The average Bonchev–Trinajstić information content (AvgIpc) is 3.20. The standard InChI is InChI=1S/C25H21N5O2/c31-20-8-4-7-19-22(20)24(28-18-5-2-1-3-6-18)23(29-19)17-11-14-27-21(15-17)30-25(32)16-9-12-26-13-10-16/h1-3,5-6,9-15,28-29H,4,7-8H2,(H,27,30,32). The number of nitrogens with one attached hydrogen (secondary N) is 3. The maximum Gasteiger partial charge on any atom is 0.256 e. The van der Waals surface area contributed by atoms with Crippen LogP contribution in [-0.2, 0) is 6.42 Å². The summed E-state index contributed by atoms with van der Waals surface area (Å²) in [5.74, 6) is 0.293. The molecule has 0 fully saturated rings. The van der Waals surface area contributed by atoms with Gasteiger partial charge in [-0.2, -0.15) is 0 Å². The highest BCUT2D eigenvalue weighted by Crippen LogP contribution is 2.39. The molecule has 3 heterocycles. The van der Waals surface area contributed by atoms with Crippen molar-refractivity contribution in [2.24, 2.45) is 0 Å². The number of carbonyl (C=O) groups is 2. The van der Waals surface area contributed by atoms with Gasteiger partial charge in [-0.1, -0.05) is 18.2 Å². The van der Waals surface area contributed by atoms with E-state index in [-0.39, 0.29) is 11.7 Å². The van der Waals surface area contributed by atoms with Crippen molar-refractivity contribution in [3.63, 3.8) is 0 Å². The van der Waals surface area contributed by atoms with Gasteiger partial charge in [-0.15, -0.1) is 0 Å². The number of benzene rings is 1. The van der Waals surface area contributed by atoms with Gasteiger partial charge in [0.15, 0.2) is 5.78 Å². The van der Waals surface area contributed by atoms with Crippen molar-refractivity contribution >= 4 is 28.9 Å². The first-order chi connectivity index (χ1) is 15.7. The summed E-state index contributed by atoms with van der Waals surface area (Å²) < 4.78 is 0. The largest absolute Gasteiger partial charge is 0.356 e. The molecule has 32 heavy (non-hydrogen) atoms. The van der Waals surface area contributed by atoms with Crippen LogP contribution in [0.2, 0.25) is 0 Å². The van der Waals surface area contributed by atoms with E-state index in [2.05, 4.69) is 25.6 Å². The van der Waals surface area contributed by atoms with Gasteiger partial charge in [0.05, 0.1) is 16.9 Å². The summed E-state index contributed by atoms with van der Waals surface area (Å²) in [6, 6.07) is 16.7. The minimum Gasteiger partial charge on any atom is -0.356 e. The average molecular weight is 423 g/mol. The van der Waals surface area contributed by atoms with Crippen LogP contribution in [0.25, 0.3) is 11.3 Å². The highest BCUT2D eigenvalue weighted by molar-refractivity contribution is 6.08. The van der Waals surface area contributed by atoms with Crippen LogP contribution in [0.15, 0.2) is 73.2 Å². The van der Waals surface area contributed by atoms with Crippen molar-refractivity contribution in [1.29, 1.82) is 0 Å². The molecule has 1 aliphatic rings. The predicted octanol–water partition coefficient (Wildman–Crippen LogP) is 4.99. The Morgan fingerprint density at radius 1 is 0.969 bits per heavy atom. The first kappa shape index (κ1) is 19.7. The molecule has 0 saturated carbocycles. The van der Waals surface area contributed by atoms with Crippen molar-refractivity contribution in [1.82, 2.24) is 15.0 Å². The Morgan fingerprint density at radius 3 is 2.59 bits per heavy atom. The number of Topliss-reactive ketones (excluding diaryl/α,β-unsaturated/α-hetero) is 1. The fourth-order valence-corrected chi connectivity index (χ4v) is 3.95. The van der Waals surface area contributed by atoms with Crippen LogP contribution < -0.4 is 10.6 Å². The van der Waals surface area contributed by atoms with Crippen LogP contribution in [0.5, 0.6) is 0 Å². The van der Waals surface area contributed by atoms with Crippen molar-refractivity contribution in [3.8, 4) is 11.3 Å². The van der Waals surface area contributed by atoms with E-state index in [0.717, 1.165) is 41.2 Å². The van der Waals surface area contributed by atoms with Crippen molar-refractivity contribution in [2.45, 2.75) is 19.3 Å². The molecule has 1 aromatic carbocycles. The summed E-state index contributed by atoms with van der Waals surface area (Å²) >= 11 is 0. The van der Waals surface area contributed by atoms with Crippen LogP contribution >= 0.6 is 0 Å². The number of aromatic amines is 1. The van der Waals surface area contributed by atoms with E-state index in [0.29, 0.717) is 23.4 Å². The van der Waals surface area contributed by atoms with Gasteiger partial charge >= 0.3 is 0 Å². The Hall–Kier alpha value is -4.26. The zero-order valence-electron chi connectivity index (χ0n) is 17.3. The van der Waals surface area contributed by atoms with Crippen LogP contribution in [0.4, 0.5) is 17.2 Å². The number of H-pyrrole nitrogens is 1. The molecule has 3 N–H and O–H groups in total. The predicted molar refractivity (Wildman–Crippen MR) is 123 cm³/mol. The second-order valence-electron chi connectivity index (χ2n) is 7.62. The summed E-state index contributed by atoms with van der Waals surface area (Å²) in [4.78, 5) is 37.0. The van der Waals surface area contributed by atoms with E-state index in [1.54, 1.807) is 36.8 Å². The van der Waals surface area contributed by atoms with E-state index in [1.165, 1.54) is 0 Å². The number of rotatable bonds is 5. The summed E-state index contributed by atoms with van der Waals surface area (Å²) in [6.45, 7) is 0. The van der Waals surface area contributed by atoms with Gasteiger partial charge in [-0.25, -0.2) is 4.98 Å². The number of amides is 1. The number of para-hydroxylation sites is 1. The number of hydrogen-bond donors (Lipinski definition) is 3. The van der Waals surface area contributed by atoms with Crippen molar-refractivity contribution < 1.29 is 9.59 Å². The minimum absolute atomic E-state index is 0.132. The maximum atomic E-state index is 12.8. The highest BCUT2D eigenvalue weighted by Gasteiger charge is 2.27. The molecule has 0 unspecified atom stereocenters. The molecule has 4 aromatic rings. The van der Waals surface area contributed by atoms with Crippen molar-refractivity contribution in [2.75, 3.05) is 10.6 Å². The molecule has 0 aliphatic heterocycles. The zero-order chi connectivity index (χ0) is 21.9. The summed E-state index contributed by atoms with van der Waals surface area (Å²) in [6.07, 6.45) is 6.98. The monoisotopic (exact) mass is 423 g/mol. The normalized spacial score (nSPS) is 12.8. The first-order valence-corrected chi connectivity index (χ1v) is 10.5. The number of carbonyl (C=O) groups excluding carboxylic acids is 2. The maximum absolute atomic E-state index is 12.8. The van der Waals surface area contributed by atoms with Gasteiger partial charge in [0.25, 0.3) is 5.91 Å². The van der Waals surface area contributed by atoms with E-state index in [1.807, 2.05) is 36.4 Å². The topological polar surface area (TPSA) is 99.8 Å². The molecular weight excluding hydrogens is 402 g/mol. The van der Waals surface area contributed by atoms with Gasteiger partial charge in [0.1, 0.15) is 5.82 Å². The van der Waals surface area contributed by atoms with Gasteiger partial charge in [0.2, 0.25) is 0 Å². The number of ketones is 1. The molecule has 1 aliphatic carbocycles. The number of nitrogens with zero attached hydrogens (tertiary/aromatic N) is 2.